The van der Waals surface area contributed by atoms with E-state index >= 15 is 0 Å². The Morgan fingerprint density at radius 1 is 0.895 bits per heavy atom. The Kier molecular flexibility index (Phi) is 3.88. The summed E-state index contributed by atoms with van der Waals surface area (Å²) in [6.07, 6.45) is 11.1. The van der Waals surface area contributed by atoms with Crippen molar-refractivity contribution in [1.29, 1.82) is 0 Å². The molecular formula is C15H18O4. The summed E-state index contributed by atoms with van der Waals surface area (Å²) in [7, 11) is 0. The van der Waals surface area contributed by atoms with Gasteiger partial charge in [-0.05, 0) is 13.8 Å². The number of carbonyl (C=O) groups excluding carboxylic acids is 2. The maximum Gasteiger partial charge on any atom is 0.325 e. The molecule has 2 rings (SSSR count). The number of rotatable bonds is 4. The number of ether oxygens (including phenoxy) is 2. The maximum absolute atomic E-state index is 12.4. The summed E-state index contributed by atoms with van der Waals surface area (Å²) in [5.74, 6) is -1.65. The molecule has 0 spiro atoms. The summed E-state index contributed by atoms with van der Waals surface area (Å²) in [4.78, 5) is 24.8. The third kappa shape index (κ3) is 2.01. The smallest absolute Gasteiger partial charge is 0.325 e. The molecule has 0 N–H and O–H groups in total. The first kappa shape index (κ1) is 13.6. The van der Waals surface area contributed by atoms with Crippen molar-refractivity contribution in [1.82, 2.24) is 0 Å². The predicted octanol–water partition coefficient (Wildman–Crippen LogP) is 2.03. The second-order valence-corrected chi connectivity index (χ2v) is 4.52. The Bertz CT molecular complexity index is 417. The van der Waals surface area contributed by atoms with E-state index in [0.29, 0.717) is 0 Å². The van der Waals surface area contributed by atoms with E-state index in [1.807, 2.05) is 36.5 Å². The van der Waals surface area contributed by atoms with Crippen LogP contribution in [0.15, 0.2) is 36.5 Å². The molecule has 19 heavy (non-hydrogen) atoms. The lowest BCUT2D eigenvalue weighted by Gasteiger charge is -2.32. The standard InChI is InChI=1S/C15H18O4/c1-3-18-13(16)15(14(17)19-4-2)11-7-5-6-8-12(15)10-9-11/h5-12H,3-4H2,1-2H3. The van der Waals surface area contributed by atoms with E-state index in [4.69, 9.17) is 9.47 Å². The van der Waals surface area contributed by atoms with Crippen LogP contribution in [0.4, 0.5) is 0 Å². The fourth-order valence-corrected chi connectivity index (χ4v) is 2.69. The molecule has 0 aromatic heterocycles. The minimum Gasteiger partial charge on any atom is -0.465 e. The van der Waals surface area contributed by atoms with Crippen molar-refractivity contribution in [2.24, 2.45) is 17.3 Å². The van der Waals surface area contributed by atoms with Crippen LogP contribution >= 0.6 is 0 Å². The fraction of sp³-hybridized carbons (Fsp3) is 0.467. The summed E-state index contributed by atoms with van der Waals surface area (Å²) >= 11 is 0. The van der Waals surface area contributed by atoms with Gasteiger partial charge in [0.2, 0.25) is 0 Å². The summed E-state index contributed by atoms with van der Waals surface area (Å²) in [5, 5.41) is 0. The van der Waals surface area contributed by atoms with Crippen LogP contribution in [0.2, 0.25) is 0 Å². The highest BCUT2D eigenvalue weighted by Gasteiger charge is 2.60. The highest BCUT2D eigenvalue weighted by atomic mass is 16.6. The Balaban J connectivity index is 2.46. The fourth-order valence-electron chi connectivity index (χ4n) is 2.69. The molecule has 0 saturated carbocycles. The highest BCUT2D eigenvalue weighted by molar-refractivity contribution is 6.02. The topological polar surface area (TPSA) is 52.6 Å². The minimum atomic E-state index is -1.30. The van der Waals surface area contributed by atoms with Gasteiger partial charge in [0.1, 0.15) is 0 Å². The highest BCUT2D eigenvalue weighted by Crippen LogP contribution is 2.48. The van der Waals surface area contributed by atoms with Gasteiger partial charge in [0.15, 0.2) is 5.41 Å². The molecule has 0 radical (unpaired) electrons. The van der Waals surface area contributed by atoms with Gasteiger partial charge >= 0.3 is 11.9 Å². The lowest BCUT2D eigenvalue weighted by Crippen LogP contribution is -2.48. The average Bonchev–Trinajstić information content (AvgIpc) is 2.60. The normalized spacial score (nSPS) is 26.0. The van der Waals surface area contributed by atoms with Crippen LogP contribution in [0.5, 0.6) is 0 Å². The number of allylic oxidation sites excluding steroid dienone is 6. The van der Waals surface area contributed by atoms with Crippen LogP contribution in [0.25, 0.3) is 0 Å². The summed E-state index contributed by atoms with van der Waals surface area (Å²) in [6, 6.07) is 0. The molecule has 2 atom stereocenters. The molecule has 4 nitrogen and oxygen atoms in total. The lowest BCUT2D eigenvalue weighted by molar-refractivity contribution is -0.175. The van der Waals surface area contributed by atoms with Gasteiger partial charge in [0, 0.05) is 11.8 Å². The first-order chi connectivity index (χ1) is 9.17. The van der Waals surface area contributed by atoms with E-state index in [-0.39, 0.29) is 25.0 Å². The van der Waals surface area contributed by atoms with Crippen molar-refractivity contribution in [3.05, 3.63) is 36.5 Å². The largest absolute Gasteiger partial charge is 0.465 e. The second kappa shape index (κ2) is 5.43. The summed E-state index contributed by atoms with van der Waals surface area (Å²) < 4.78 is 10.3. The first-order valence-electron chi connectivity index (χ1n) is 6.55. The van der Waals surface area contributed by atoms with Crippen LogP contribution in [-0.2, 0) is 19.1 Å². The van der Waals surface area contributed by atoms with E-state index in [0.717, 1.165) is 0 Å². The van der Waals surface area contributed by atoms with Crippen LogP contribution in [0.3, 0.4) is 0 Å². The quantitative estimate of drug-likeness (QED) is 0.442. The number of fused-ring (bicyclic) bond motifs is 2. The number of carbonyl (C=O) groups is 2. The Morgan fingerprint density at radius 3 is 1.68 bits per heavy atom. The van der Waals surface area contributed by atoms with E-state index in [1.54, 1.807) is 13.8 Å². The Labute approximate surface area is 112 Å². The molecular weight excluding hydrogens is 244 g/mol. The molecule has 0 saturated heterocycles. The molecule has 2 aliphatic rings. The molecule has 0 aromatic carbocycles. The summed E-state index contributed by atoms with van der Waals surface area (Å²) in [5.41, 5.74) is -1.30. The SMILES string of the molecule is CCOC(=O)C1(C(=O)OCC)C2C=CC=CC1C=C2. The van der Waals surface area contributed by atoms with Crippen molar-refractivity contribution >= 4 is 11.9 Å². The maximum atomic E-state index is 12.4. The monoisotopic (exact) mass is 262 g/mol. The van der Waals surface area contributed by atoms with Crippen LogP contribution in [-0.4, -0.2) is 25.2 Å². The number of hydrogen-bond donors (Lipinski definition) is 0. The van der Waals surface area contributed by atoms with Gasteiger partial charge in [0.25, 0.3) is 0 Å². The minimum absolute atomic E-state index is 0.243. The van der Waals surface area contributed by atoms with Gasteiger partial charge < -0.3 is 9.47 Å². The van der Waals surface area contributed by atoms with Gasteiger partial charge in [-0.25, -0.2) is 0 Å². The summed E-state index contributed by atoms with van der Waals surface area (Å²) in [6.45, 7) is 3.95. The predicted molar refractivity (Wildman–Crippen MR) is 70.1 cm³/mol. The second-order valence-electron chi connectivity index (χ2n) is 4.52. The molecule has 0 amide bonds. The van der Waals surface area contributed by atoms with Gasteiger partial charge in [-0.15, -0.1) is 0 Å². The van der Waals surface area contributed by atoms with Crippen molar-refractivity contribution in [3.63, 3.8) is 0 Å². The zero-order chi connectivity index (χ0) is 13.9. The van der Waals surface area contributed by atoms with Crippen molar-refractivity contribution in [2.75, 3.05) is 13.2 Å². The molecule has 2 unspecified atom stereocenters. The van der Waals surface area contributed by atoms with Gasteiger partial charge in [-0.3, -0.25) is 9.59 Å². The third-order valence-corrected chi connectivity index (χ3v) is 3.55. The molecule has 0 aliphatic heterocycles. The van der Waals surface area contributed by atoms with E-state index in [1.165, 1.54) is 0 Å². The first-order valence-corrected chi connectivity index (χ1v) is 6.55. The third-order valence-electron chi connectivity index (χ3n) is 3.55. The molecule has 0 aromatic rings. The van der Waals surface area contributed by atoms with Crippen LogP contribution < -0.4 is 0 Å². The lowest BCUT2D eigenvalue weighted by atomic mass is 9.71. The van der Waals surface area contributed by atoms with Gasteiger partial charge in [-0.2, -0.15) is 0 Å². The number of esters is 2. The van der Waals surface area contributed by atoms with Crippen molar-refractivity contribution in [3.8, 4) is 0 Å². The van der Waals surface area contributed by atoms with Gasteiger partial charge in [0.05, 0.1) is 13.2 Å². The molecule has 2 aliphatic carbocycles. The van der Waals surface area contributed by atoms with Crippen molar-refractivity contribution < 1.29 is 19.1 Å². The van der Waals surface area contributed by atoms with Crippen molar-refractivity contribution in [2.45, 2.75) is 13.8 Å². The van der Waals surface area contributed by atoms with Crippen LogP contribution in [0.1, 0.15) is 13.8 Å². The van der Waals surface area contributed by atoms with E-state index in [2.05, 4.69) is 0 Å². The molecule has 0 fully saturated rings. The van der Waals surface area contributed by atoms with E-state index in [9.17, 15) is 9.59 Å². The Morgan fingerprint density at radius 2 is 1.32 bits per heavy atom. The zero-order valence-corrected chi connectivity index (χ0v) is 11.2. The molecule has 4 heteroatoms. The van der Waals surface area contributed by atoms with Gasteiger partial charge in [-0.1, -0.05) is 36.5 Å². The van der Waals surface area contributed by atoms with Crippen LogP contribution in [0, 0.1) is 17.3 Å². The zero-order valence-electron chi connectivity index (χ0n) is 11.2. The van der Waals surface area contributed by atoms with E-state index < -0.39 is 17.4 Å². The molecule has 2 bridgehead atoms. The number of hydrogen-bond acceptors (Lipinski definition) is 4. The Hall–Kier alpha value is -1.84. The molecule has 102 valence electrons. The average molecular weight is 262 g/mol. The molecule has 0 heterocycles.